The second kappa shape index (κ2) is 11.1. The van der Waals surface area contributed by atoms with Crippen molar-refractivity contribution in [3.63, 3.8) is 0 Å². The molecular weight excluding hydrogens is 216 g/mol. The van der Waals surface area contributed by atoms with Crippen molar-refractivity contribution in [2.24, 2.45) is 0 Å². The lowest BCUT2D eigenvalue weighted by molar-refractivity contribution is 0.950. The van der Waals surface area contributed by atoms with Gasteiger partial charge in [-0.3, -0.25) is 0 Å². The van der Waals surface area contributed by atoms with Crippen LogP contribution < -0.4 is 0 Å². The fourth-order valence-corrected chi connectivity index (χ4v) is 3.31. The molecule has 0 saturated heterocycles. The molecule has 0 rings (SSSR count). The van der Waals surface area contributed by atoms with E-state index >= 15 is 0 Å². The van der Waals surface area contributed by atoms with Crippen molar-refractivity contribution in [2.75, 3.05) is 29.3 Å². The Bertz CT molecular complexity index is 96.2. The average Bonchev–Trinajstić information content (AvgIpc) is 2.14. The third-order valence-electron chi connectivity index (χ3n) is 1.66. The van der Waals surface area contributed by atoms with E-state index in [9.17, 15) is 0 Å². The summed E-state index contributed by atoms with van der Waals surface area (Å²) in [5, 5.41) is 1.71. The summed E-state index contributed by atoms with van der Waals surface area (Å²) in [5.41, 5.74) is 0. The molecule has 0 aliphatic rings. The van der Waals surface area contributed by atoms with Gasteiger partial charge in [-0.05, 0) is 42.1 Å². The molecule has 0 amide bonds. The first-order valence-corrected chi connectivity index (χ1v) is 8.42. The predicted octanol–water partition coefficient (Wildman–Crippen LogP) is 4.17. The van der Waals surface area contributed by atoms with Gasteiger partial charge in [-0.15, -0.1) is 0 Å². The van der Waals surface area contributed by atoms with Crippen LogP contribution in [0.3, 0.4) is 0 Å². The topological polar surface area (TPSA) is 0 Å². The van der Waals surface area contributed by atoms with Crippen LogP contribution in [-0.4, -0.2) is 29.3 Å². The van der Waals surface area contributed by atoms with Gasteiger partial charge < -0.3 is 0 Å². The van der Waals surface area contributed by atoms with Crippen molar-refractivity contribution < 1.29 is 0 Å². The Morgan fingerprint density at radius 1 is 1.00 bits per heavy atom. The van der Waals surface area contributed by atoms with Gasteiger partial charge in [0.05, 0.1) is 0 Å². The van der Waals surface area contributed by atoms with Gasteiger partial charge in [0.2, 0.25) is 0 Å². The van der Waals surface area contributed by atoms with Crippen LogP contribution in [0, 0.1) is 5.25 Å². The summed E-state index contributed by atoms with van der Waals surface area (Å²) < 4.78 is 0. The van der Waals surface area contributed by atoms with Crippen LogP contribution >= 0.6 is 35.3 Å². The quantitative estimate of drug-likeness (QED) is 0.553. The minimum atomic E-state index is 1.24. The van der Waals surface area contributed by atoms with Crippen LogP contribution in [-0.2, 0) is 0 Å². The molecule has 0 aliphatic carbocycles. The van der Waals surface area contributed by atoms with Gasteiger partial charge in [0.15, 0.2) is 0 Å². The van der Waals surface area contributed by atoms with E-state index in [-0.39, 0.29) is 0 Å². The lowest BCUT2D eigenvalue weighted by Crippen LogP contribution is -1.97. The predicted molar refractivity (Wildman–Crippen MR) is 72.0 cm³/mol. The van der Waals surface area contributed by atoms with Crippen LogP contribution in [0.5, 0.6) is 0 Å². The summed E-state index contributed by atoms with van der Waals surface area (Å²) in [5.74, 6) is 5.10. The Balaban J connectivity index is 3.41. The van der Waals surface area contributed by atoms with Gasteiger partial charge in [0, 0.05) is 5.25 Å². The Kier molecular flexibility index (Phi) is 12.0. The van der Waals surface area contributed by atoms with Crippen molar-refractivity contribution in [3.05, 3.63) is 5.25 Å². The highest BCUT2D eigenvalue weighted by molar-refractivity contribution is 8.02. The van der Waals surface area contributed by atoms with E-state index in [1.807, 2.05) is 11.8 Å². The fourth-order valence-electron chi connectivity index (χ4n) is 1.02. The van der Waals surface area contributed by atoms with E-state index in [2.05, 4.69) is 43.6 Å². The Morgan fingerprint density at radius 3 is 2.23 bits per heavy atom. The van der Waals surface area contributed by atoms with E-state index in [1.165, 1.54) is 35.9 Å². The van der Waals surface area contributed by atoms with Crippen molar-refractivity contribution in [2.45, 2.75) is 26.7 Å². The maximum Gasteiger partial charge on any atom is 0.0322 e. The third kappa shape index (κ3) is 9.36. The van der Waals surface area contributed by atoms with Gasteiger partial charge in [-0.25, -0.2) is 0 Å². The van der Waals surface area contributed by atoms with E-state index in [1.54, 1.807) is 5.25 Å². The SMILES string of the molecule is CCSCC[C](CCSC)SCC. The highest BCUT2D eigenvalue weighted by atomic mass is 32.2. The molecule has 0 spiro atoms. The molecule has 0 N–H and O–H groups in total. The number of hydrogen-bond donors (Lipinski definition) is 0. The fraction of sp³-hybridized carbons (Fsp3) is 0.900. The van der Waals surface area contributed by atoms with Gasteiger partial charge >= 0.3 is 0 Å². The molecule has 0 aromatic heterocycles. The molecule has 0 bridgehead atoms. The van der Waals surface area contributed by atoms with Crippen molar-refractivity contribution in [1.29, 1.82) is 0 Å². The van der Waals surface area contributed by atoms with Gasteiger partial charge in [-0.2, -0.15) is 35.3 Å². The van der Waals surface area contributed by atoms with Crippen LogP contribution in [0.2, 0.25) is 0 Å². The summed E-state index contributed by atoms with van der Waals surface area (Å²) >= 11 is 6.07. The van der Waals surface area contributed by atoms with Crippen molar-refractivity contribution in [1.82, 2.24) is 0 Å². The Morgan fingerprint density at radius 2 is 1.69 bits per heavy atom. The molecule has 0 heterocycles. The van der Waals surface area contributed by atoms with E-state index in [0.717, 1.165) is 0 Å². The number of rotatable bonds is 9. The second-order valence-electron chi connectivity index (χ2n) is 2.66. The summed E-state index contributed by atoms with van der Waals surface area (Å²) in [6.45, 7) is 4.48. The van der Waals surface area contributed by atoms with Crippen LogP contribution in [0.1, 0.15) is 26.7 Å². The minimum absolute atomic E-state index is 1.24. The molecule has 0 atom stereocenters. The summed E-state index contributed by atoms with van der Waals surface area (Å²) in [6, 6.07) is 0. The maximum absolute atomic E-state index is 2.25. The lowest BCUT2D eigenvalue weighted by Gasteiger charge is -2.13. The maximum atomic E-state index is 2.25. The normalized spacial score (nSPS) is 11.1. The first kappa shape index (κ1) is 14.1. The molecule has 0 unspecified atom stereocenters. The lowest BCUT2D eigenvalue weighted by atomic mass is 10.3. The van der Waals surface area contributed by atoms with E-state index in [0.29, 0.717) is 0 Å². The summed E-state index contributed by atoms with van der Waals surface area (Å²) in [6.07, 6.45) is 4.82. The molecular formula is C10H21S3. The molecule has 0 fully saturated rings. The standard InChI is InChI=1S/C10H21S3/c1-4-12-9-7-10(13-5-2)6-8-11-3/h4-9H2,1-3H3. The third-order valence-corrected chi connectivity index (χ3v) is 4.28. The summed E-state index contributed by atoms with van der Waals surface area (Å²) in [4.78, 5) is 0. The molecule has 0 aromatic carbocycles. The van der Waals surface area contributed by atoms with Gasteiger partial charge in [0.1, 0.15) is 0 Å². The van der Waals surface area contributed by atoms with Crippen molar-refractivity contribution in [3.8, 4) is 0 Å². The molecule has 0 aliphatic heterocycles. The highest BCUT2D eigenvalue weighted by Crippen LogP contribution is 2.28. The zero-order valence-corrected chi connectivity index (χ0v) is 11.4. The van der Waals surface area contributed by atoms with Crippen molar-refractivity contribution >= 4 is 35.3 Å². The van der Waals surface area contributed by atoms with E-state index < -0.39 is 0 Å². The molecule has 0 aromatic rings. The largest absolute Gasteiger partial charge is 0.165 e. The van der Waals surface area contributed by atoms with Crippen LogP contribution in [0.15, 0.2) is 0 Å². The number of thioether (sulfide) groups is 3. The molecule has 0 nitrogen and oxygen atoms in total. The second-order valence-corrected chi connectivity index (χ2v) is 6.48. The minimum Gasteiger partial charge on any atom is -0.165 e. The Hall–Kier alpha value is 1.05. The molecule has 79 valence electrons. The molecule has 1 radical (unpaired) electrons. The van der Waals surface area contributed by atoms with Crippen LogP contribution in [0.4, 0.5) is 0 Å². The van der Waals surface area contributed by atoms with Gasteiger partial charge in [0.25, 0.3) is 0 Å². The monoisotopic (exact) mass is 237 g/mol. The Labute approximate surface area is 96.4 Å². The van der Waals surface area contributed by atoms with Crippen LogP contribution in [0.25, 0.3) is 0 Å². The molecule has 3 heteroatoms. The first-order valence-electron chi connectivity index (χ1n) is 4.89. The zero-order valence-electron chi connectivity index (χ0n) is 8.97. The highest BCUT2D eigenvalue weighted by Gasteiger charge is 2.07. The average molecular weight is 237 g/mol. The molecule has 13 heavy (non-hydrogen) atoms. The van der Waals surface area contributed by atoms with E-state index in [4.69, 9.17) is 0 Å². The zero-order chi connectivity index (χ0) is 9.94. The smallest absolute Gasteiger partial charge is 0.0322 e. The number of hydrogen-bond acceptors (Lipinski definition) is 3. The van der Waals surface area contributed by atoms with Gasteiger partial charge in [-0.1, -0.05) is 13.8 Å². The first-order chi connectivity index (χ1) is 6.35. The molecule has 0 saturated carbocycles. The summed E-state index contributed by atoms with van der Waals surface area (Å²) in [7, 11) is 0.